The Kier molecular flexibility index (Phi) is 3.16. The lowest BCUT2D eigenvalue weighted by atomic mass is 10.1. The van der Waals surface area contributed by atoms with Crippen LogP contribution in [0.2, 0.25) is 0 Å². The smallest absolute Gasteiger partial charge is 0.0352 e. The first-order chi connectivity index (χ1) is 3.72. The van der Waals surface area contributed by atoms with Gasteiger partial charge in [-0.2, -0.15) is 0 Å². The van der Waals surface area contributed by atoms with Crippen molar-refractivity contribution < 1.29 is 0 Å². The monoisotopic (exact) mass is 111 g/mol. The molecule has 0 aliphatic heterocycles. The number of hydrogen-bond acceptors (Lipinski definition) is 1. The summed E-state index contributed by atoms with van der Waals surface area (Å²) in [6, 6.07) is 0. The highest BCUT2D eigenvalue weighted by Crippen LogP contribution is 2.11. The molecule has 0 aliphatic rings. The van der Waals surface area contributed by atoms with Gasteiger partial charge in [0.25, 0.3) is 0 Å². The van der Waals surface area contributed by atoms with Gasteiger partial charge >= 0.3 is 0 Å². The van der Waals surface area contributed by atoms with Crippen LogP contribution in [0.15, 0.2) is 17.3 Å². The van der Waals surface area contributed by atoms with Crippen LogP contribution in [0.3, 0.4) is 0 Å². The number of hydrogen-bond donors (Lipinski definition) is 0. The van der Waals surface area contributed by atoms with Crippen molar-refractivity contribution >= 4 is 6.72 Å². The van der Waals surface area contributed by atoms with Crippen molar-refractivity contribution in [2.75, 3.05) is 0 Å². The molecule has 1 nitrogen and oxygen atoms in total. The second-order valence-corrected chi connectivity index (χ2v) is 1.96. The normalized spacial score (nSPS) is 12.8. The molecule has 0 aromatic carbocycles. The third-order valence-electron chi connectivity index (χ3n) is 1.38. The van der Waals surface area contributed by atoms with Crippen LogP contribution in [0, 0.1) is 5.92 Å². The maximum atomic E-state index is 3.71. The first kappa shape index (κ1) is 7.41. The van der Waals surface area contributed by atoms with E-state index >= 15 is 0 Å². The third kappa shape index (κ3) is 1.92. The number of allylic oxidation sites excluding steroid dienone is 1. The van der Waals surface area contributed by atoms with E-state index in [4.69, 9.17) is 0 Å². The molecule has 0 rings (SSSR count). The molecule has 0 N–H and O–H groups in total. The van der Waals surface area contributed by atoms with Gasteiger partial charge in [0, 0.05) is 5.70 Å². The second-order valence-electron chi connectivity index (χ2n) is 1.96. The van der Waals surface area contributed by atoms with Gasteiger partial charge in [-0.3, -0.25) is 4.99 Å². The molecule has 1 unspecified atom stereocenters. The Bertz CT molecular complexity index is 94.6. The fourth-order valence-corrected chi connectivity index (χ4v) is 0.391. The molecular weight excluding hydrogens is 98.1 g/mol. The van der Waals surface area contributed by atoms with E-state index in [1.807, 2.05) is 0 Å². The molecule has 1 heteroatoms. The summed E-state index contributed by atoms with van der Waals surface area (Å²) in [7, 11) is 0. The minimum absolute atomic E-state index is 0.493. The van der Waals surface area contributed by atoms with Gasteiger partial charge in [0.2, 0.25) is 0 Å². The average molecular weight is 111 g/mol. The average Bonchev–Trinajstić information content (AvgIpc) is 1.84. The first-order valence-corrected chi connectivity index (χ1v) is 2.87. The lowest BCUT2D eigenvalue weighted by Crippen LogP contribution is -1.91. The highest BCUT2D eigenvalue weighted by atomic mass is 14.7. The van der Waals surface area contributed by atoms with Gasteiger partial charge in [-0.1, -0.05) is 20.4 Å². The van der Waals surface area contributed by atoms with E-state index in [0.29, 0.717) is 5.92 Å². The van der Waals surface area contributed by atoms with E-state index in [1.54, 1.807) is 0 Å². The Hall–Kier alpha value is -0.590. The van der Waals surface area contributed by atoms with Crippen LogP contribution in [0.25, 0.3) is 0 Å². The summed E-state index contributed by atoms with van der Waals surface area (Å²) in [5.41, 5.74) is 0.896. The van der Waals surface area contributed by atoms with Gasteiger partial charge in [0.05, 0.1) is 0 Å². The molecule has 0 saturated carbocycles. The van der Waals surface area contributed by atoms with E-state index in [0.717, 1.165) is 12.1 Å². The predicted octanol–water partition coefficient (Wildman–Crippen LogP) is 2.25. The van der Waals surface area contributed by atoms with Gasteiger partial charge < -0.3 is 0 Å². The topological polar surface area (TPSA) is 12.4 Å². The largest absolute Gasteiger partial charge is 0.269 e. The summed E-state index contributed by atoms with van der Waals surface area (Å²) >= 11 is 0. The van der Waals surface area contributed by atoms with Crippen molar-refractivity contribution in [3.8, 4) is 0 Å². The molecule has 8 heavy (non-hydrogen) atoms. The maximum Gasteiger partial charge on any atom is 0.0352 e. The molecule has 0 aromatic heterocycles. The van der Waals surface area contributed by atoms with Gasteiger partial charge in [-0.25, -0.2) is 0 Å². The molecule has 0 saturated heterocycles. The Balaban J connectivity index is 3.62. The lowest BCUT2D eigenvalue weighted by molar-refractivity contribution is 0.652. The first-order valence-electron chi connectivity index (χ1n) is 2.87. The minimum atomic E-state index is 0.493. The fraction of sp³-hybridized carbons (Fsp3) is 0.571. The molecule has 0 aliphatic carbocycles. The van der Waals surface area contributed by atoms with Crippen molar-refractivity contribution in [3.63, 3.8) is 0 Å². The zero-order valence-electron chi connectivity index (χ0n) is 5.65. The van der Waals surface area contributed by atoms with Crippen LogP contribution in [-0.4, -0.2) is 6.72 Å². The summed E-state index contributed by atoms with van der Waals surface area (Å²) in [6.07, 6.45) is 1.10. The Morgan fingerprint density at radius 2 is 2.25 bits per heavy atom. The minimum Gasteiger partial charge on any atom is -0.269 e. The highest BCUT2D eigenvalue weighted by molar-refractivity contribution is 5.28. The quantitative estimate of drug-likeness (QED) is 0.495. The van der Waals surface area contributed by atoms with Crippen molar-refractivity contribution in [1.82, 2.24) is 0 Å². The number of rotatable bonds is 3. The molecule has 0 aromatic rings. The van der Waals surface area contributed by atoms with Crippen molar-refractivity contribution in [1.29, 1.82) is 0 Å². The van der Waals surface area contributed by atoms with E-state index < -0.39 is 0 Å². The van der Waals surface area contributed by atoms with E-state index in [-0.39, 0.29) is 0 Å². The van der Waals surface area contributed by atoms with E-state index in [2.05, 4.69) is 32.1 Å². The van der Waals surface area contributed by atoms with Crippen LogP contribution >= 0.6 is 0 Å². The van der Waals surface area contributed by atoms with Gasteiger partial charge in [-0.05, 0) is 19.1 Å². The van der Waals surface area contributed by atoms with Crippen molar-refractivity contribution in [3.05, 3.63) is 12.3 Å². The van der Waals surface area contributed by atoms with Crippen molar-refractivity contribution in [2.24, 2.45) is 10.9 Å². The standard InChI is InChI=1S/C7H13N/c1-5-6(2)7(3)8-4/h6H,3-5H2,1-2H3. The SMILES string of the molecule is C=NC(=C)C(C)CC. The van der Waals surface area contributed by atoms with E-state index in [1.165, 1.54) is 0 Å². The van der Waals surface area contributed by atoms with Crippen LogP contribution in [0.5, 0.6) is 0 Å². The van der Waals surface area contributed by atoms with E-state index in [9.17, 15) is 0 Å². The predicted molar refractivity (Wildman–Crippen MR) is 38.1 cm³/mol. The molecule has 0 bridgehead atoms. The molecule has 1 atom stereocenters. The molecule has 0 amide bonds. The van der Waals surface area contributed by atoms with Crippen LogP contribution < -0.4 is 0 Å². The highest BCUT2D eigenvalue weighted by Gasteiger charge is 1.98. The zero-order chi connectivity index (χ0) is 6.57. The summed E-state index contributed by atoms with van der Waals surface area (Å²) < 4.78 is 0. The molecule has 0 radical (unpaired) electrons. The Morgan fingerprint density at radius 1 is 1.75 bits per heavy atom. The van der Waals surface area contributed by atoms with Gasteiger partial charge in [0.15, 0.2) is 0 Å². The Morgan fingerprint density at radius 3 is 2.38 bits per heavy atom. The molecule has 46 valence electrons. The van der Waals surface area contributed by atoms with Gasteiger partial charge in [0.1, 0.15) is 0 Å². The maximum absolute atomic E-state index is 3.71. The van der Waals surface area contributed by atoms with Crippen LogP contribution in [0.4, 0.5) is 0 Å². The van der Waals surface area contributed by atoms with Crippen molar-refractivity contribution in [2.45, 2.75) is 20.3 Å². The summed E-state index contributed by atoms with van der Waals surface area (Å²) in [4.78, 5) is 3.71. The number of aliphatic imine (C=N–C) groups is 1. The zero-order valence-corrected chi connectivity index (χ0v) is 5.65. The second kappa shape index (κ2) is 3.42. The summed E-state index contributed by atoms with van der Waals surface area (Å²) in [5, 5.41) is 0. The molecule has 0 spiro atoms. The summed E-state index contributed by atoms with van der Waals surface area (Å²) in [6.45, 7) is 11.3. The third-order valence-corrected chi connectivity index (χ3v) is 1.38. The fourth-order valence-electron chi connectivity index (χ4n) is 0.391. The van der Waals surface area contributed by atoms with Crippen LogP contribution in [-0.2, 0) is 0 Å². The molecule has 0 fully saturated rings. The number of nitrogens with zero attached hydrogens (tertiary/aromatic N) is 1. The molecular formula is C7H13N. The Labute approximate surface area is 51.1 Å². The lowest BCUT2D eigenvalue weighted by Gasteiger charge is -2.04. The van der Waals surface area contributed by atoms with Crippen LogP contribution in [0.1, 0.15) is 20.3 Å². The molecule has 0 heterocycles. The van der Waals surface area contributed by atoms with Gasteiger partial charge in [-0.15, -0.1) is 0 Å². The summed E-state index contributed by atoms with van der Waals surface area (Å²) in [5.74, 6) is 0.493.